The summed E-state index contributed by atoms with van der Waals surface area (Å²) >= 11 is 0. The summed E-state index contributed by atoms with van der Waals surface area (Å²) in [5, 5.41) is 11.0. The standard InChI is InChI=1S/C21H19FN6O2/c1-26-19-16(18(29)23-21(26)30)27(12-11-13-5-3-2-4-6-13)20-25-24-17(28(19)20)14-7-9-15(22)10-8-14/h2-10,16,19H,11-12H2,1H3,(H,23,29,30). The number of carbonyl (C=O) groups is 2. The Balaban J connectivity index is 1.57. The number of nitrogens with one attached hydrogen (secondary N) is 1. The van der Waals surface area contributed by atoms with Gasteiger partial charge >= 0.3 is 6.03 Å². The second-order valence-electron chi connectivity index (χ2n) is 7.39. The van der Waals surface area contributed by atoms with Gasteiger partial charge in [0.15, 0.2) is 11.9 Å². The van der Waals surface area contributed by atoms with Crippen molar-refractivity contribution in [2.24, 2.45) is 0 Å². The molecule has 2 unspecified atom stereocenters. The van der Waals surface area contributed by atoms with Gasteiger partial charge in [0.1, 0.15) is 12.0 Å². The first-order valence-corrected chi connectivity index (χ1v) is 9.63. The van der Waals surface area contributed by atoms with Crippen molar-refractivity contribution in [2.45, 2.75) is 18.6 Å². The highest BCUT2D eigenvalue weighted by Crippen LogP contribution is 2.40. The van der Waals surface area contributed by atoms with Crippen LogP contribution in [0.4, 0.5) is 15.1 Å². The Morgan fingerprint density at radius 3 is 2.50 bits per heavy atom. The van der Waals surface area contributed by atoms with Gasteiger partial charge in [-0.1, -0.05) is 30.3 Å². The number of anilines is 1. The first-order chi connectivity index (χ1) is 14.5. The number of benzene rings is 2. The number of aromatic nitrogens is 3. The van der Waals surface area contributed by atoms with Gasteiger partial charge in [-0.25, -0.2) is 9.18 Å². The molecular formula is C21H19FN6O2. The van der Waals surface area contributed by atoms with Gasteiger partial charge < -0.3 is 9.80 Å². The van der Waals surface area contributed by atoms with Crippen LogP contribution in [0.1, 0.15) is 11.7 Å². The Hall–Kier alpha value is -3.75. The minimum atomic E-state index is -0.624. The van der Waals surface area contributed by atoms with Gasteiger partial charge in [0, 0.05) is 19.2 Å². The monoisotopic (exact) mass is 406 g/mol. The normalized spacial score (nSPS) is 20.2. The molecule has 2 aromatic carbocycles. The van der Waals surface area contributed by atoms with Gasteiger partial charge in [-0.15, -0.1) is 10.2 Å². The van der Waals surface area contributed by atoms with Gasteiger partial charge in [-0.05, 0) is 36.2 Å². The number of amides is 3. The second kappa shape index (κ2) is 6.94. The number of halogens is 1. The minimum absolute atomic E-state index is 0.355. The molecule has 0 spiro atoms. The molecule has 30 heavy (non-hydrogen) atoms. The van der Waals surface area contributed by atoms with Gasteiger partial charge in [-0.2, -0.15) is 0 Å². The van der Waals surface area contributed by atoms with Crippen LogP contribution in [-0.2, 0) is 11.2 Å². The van der Waals surface area contributed by atoms with Gasteiger partial charge in [0.05, 0.1) is 0 Å². The van der Waals surface area contributed by atoms with Crippen LogP contribution in [0.5, 0.6) is 0 Å². The molecule has 1 saturated heterocycles. The van der Waals surface area contributed by atoms with Crippen molar-refractivity contribution in [1.82, 2.24) is 25.0 Å². The largest absolute Gasteiger partial charge is 0.325 e. The summed E-state index contributed by atoms with van der Waals surface area (Å²) in [5.74, 6) is 0.270. The van der Waals surface area contributed by atoms with Crippen LogP contribution in [0.3, 0.4) is 0 Å². The van der Waals surface area contributed by atoms with Crippen molar-refractivity contribution in [3.63, 3.8) is 0 Å². The lowest BCUT2D eigenvalue weighted by Gasteiger charge is -2.37. The van der Waals surface area contributed by atoms with E-state index in [4.69, 9.17) is 0 Å². The fraction of sp³-hybridized carbons (Fsp3) is 0.238. The SMILES string of the molecule is CN1C(=O)NC(=O)C2C1n1c(-c3ccc(F)cc3)nnc1N2CCc1ccccc1. The van der Waals surface area contributed by atoms with Crippen molar-refractivity contribution in [3.05, 3.63) is 66.0 Å². The number of urea groups is 1. The van der Waals surface area contributed by atoms with E-state index in [0.717, 1.165) is 5.56 Å². The summed E-state index contributed by atoms with van der Waals surface area (Å²) < 4.78 is 15.2. The van der Waals surface area contributed by atoms with Crippen LogP contribution in [0, 0.1) is 5.82 Å². The fourth-order valence-corrected chi connectivity index (χ4v) is 4.13. The molecule has 1 aromatic heterocycles. The summed E-state index contributed by atoms with van der Waals surface area (Å²) in [4.78, 5) is 28.5. The molecule has 2 aliphatic rings. The zero-order chi connectivity index (χ0) is 20.8. The minimum Gasteiger partial charge on any atom is -0.325 e. The highest BCUT2D eigenvalue weighted by molar-refractivity contribution is 6.02. The molecule has 0 saturated carbocycles. The Morgan fingerprint density at radius 2 is 1.77 bits per heavy atom. The fourth-order valence-electron chi connectivity index (χ4n) is 4.13. The van der Waals surface area contributed by atoms with E-state index in [1.165, 1.54) is 17.0 Å². The highest BCUT2D eigenvalue weighted by Gasteiger charge is 2.52. The maximum absolute atomic E-state index is 13.4. The molecule has 2 aliphatic heterocycles. The van der Waals surface area contributed by atoms with Gasteiger partial charge in [0.25, 0.3) is 5.91 Å². The Morgan fingerprint density at radius 1 is 1.03 bits per heavy atom. The van der Waals surface area contributed by atoms with E-state index in [2.05, 4.69) is 15.5 Å². The molecule has 5 rings (SSSR count). The molecule has 8 nitrogen and oxygen atoms in total. The molecule has 0 aliphatic carbocycles. The summed E-state index contributed by atoms with van der Waals surface area (Å²) in [5.41, 5.74) is 1.79. The van der Waals surface area contributed by atoms with Crippen LogP contribution in [-0.4, -0.2) is 51.2 Å². The van der Waals surface area contributed by atoms with Crippen LogP contribution in [0.15, 0.2) is 54.6 Å². The topological polar surface area (TPSA) is 83.4 Å². The average Bonchev–Trinajstić information content (AvgIpc) is 3.31. The smallest absolute Gasteiger partial charge is 0.325 e. The third-order valence-corrected chi connectivity index (χ3v) is 5.62. The molecule has 152 valence electrons. The molecule has 2 atom stereocenters. The van der Waals surface area contributed by atoms with E-state index in [-0.39, 0.29) is 11.7 Å². The van der Waals surface area contributed by atoms with E-state index in [0.29, 0.717) is 30.3 Å². The first kappa shape index (κ1) is 18.3. The number of nitrogens with zero attached hydrogens (tertiary/aromatic N) is 5. The van der Waals surface area contributed by atoms with Gasteiger partial charge in [0.2, 0.25) is 5.95 Å². The predicted octanol–water partition coefficient (Wildman–Crippen LogP) is 2.20. The lowest BCUT2D eigenvalue weighted by molar-refractivity contribution is -0.124. The van der Waals surface area contributed by atoms with E-state index in [1.54, 1.807) is 23.7 Å². The van der Waals surface area contributed by atoms with Gasteiger partial charge in [-0.3, -0.25) is 14.7 Å². The average molecular weight is 406 g/mol. The van der Waals surface area contributed by atoms with E-state index < -0.39 is 18.2 Å². The molecule has 3 heterocycles. The van der Waals surface area contributed by atoms with E-state index in [9.17, 15) is 14.0 Å². The summed E-state index contributed by atoms with van der Waals surface area (Å²) in [6, 6.07) is 14.8. The number of imide groups is 1. The Labute approximate surface area is 171 Å². The lowest BCUT2D eigenvalue weighted by Crippen LogP contribution is -2.61. The van der Waals surface area contributed by atoms with Crippen molar-refractivity contribution >= 4 is 17.9 Å². The Bertz CT molecular complexity index is 1110. The maximum Gasteiger partial charge on any atom is 0.325 e. The quantitative estimate of drug-likeness (QED) is 0.718. The Kier molecular flexibility index (Phi) is 4.23. The first-order valence-electron chi connectivity index (χ1n) is 9.63. The van der Waals surface area contributed by atoms with Crippen LogP contribution in [0.25, 0.3) is 11.4 Å². The van der Waals surface area contributed by atoms with Crippen molar-refractivity contribution in [1.29, 1.82) is 0 Å². The van der Waals surface area contributed by atoms with Crippen LogP contribution >= 0.6 is 0 Å². The number of hydrogen-bond acceptors (Lipinski definition) is 5. The highest BCUT2D eigenvalue weighted by atomic mass is 19.1. The number of likely N-dealkylation sites (N-methyl/N-ethyl adjacent to an activating group) is 1. The van der Waals surface area contributed by atoms with E-state index >= 15 is 0 Å². The third-order valence-electron chi connectivity index (χ3n) is 5.62. The second-order valence-corrected chi connectivity index (χ2v) is 7.39. The summed E-state index contributed by atoms with van der Waals surface area (Å²) in [6.45, 7) is 0.530. The number of carbonyl (C=O) groups excluding carboxylic acids is 2. The van der Waals surface area contributed by atoms with Crippen molar-refractivity contribution < 1.29 is 14.0 Å². The third kappa shape index (κ3) is 2.81. The molecule has 0 radical (unpaired) electrons. The zero-order valence-corrected chi connectivity index (χ0v) is 16.2. The zero-order valence-electron chi connectivity index (χ0n) is 16.2. The van der Waals surface area contributed by atoms with Crippen LogP contribution < -0.4 is 10.2 Å². The number of hydrogen-bond donors (Lipinski definition) is 1. The molecular weight excluding hydrogens is 387 g/mol. The van der Waals surface area contributed by atoms with Crippen molar-refractivity contribution in [2.75, 3.05) is 18.5 Å². The maximum atomic E-state index is 13.4. The molecule has 3 amide bonds. The van der Waals surface area contributed by atoms with Crippen LogP contribution in [0.2, 0.25) is 0 Å². The van der Waals surface area contributed by atoms with Crippen molar-refractivity contribution in [3.8, 4) is 11.4 Å². The number of fused-ring (bicyclic) bond motifs is 3. The molecule has 1 fully saturated rings. The summed E-state index contributed by atoms with van der Waals surface area (Å²) in [6.07, 6.45) is 0.111. The number of rotatable bonds is 4. The van der Waals surface area contributed by atoms with E-state index in [1.807, 2.05) is 35.2 Å². The predicted molar refractivity (Wildman–Crippen MR) is 107 cm³/mol. The summed E-state index contributed by atoms with van der Waals surface area (Å²) in [7, 11) is 1.64. The lowest BCUT2D eigenvalue weighted by atomic mass is 10.1. The molecule has 0 bridgehead atoms. The molecule has 9 heteroatoms. The molecule has 3 aromatic rings. The molecule has 1 N–H and O–H groups in total.